The Morgan fingerprint density at radius 2 is 1.69 bits per heavy atom. The lowest BCUT2D eigenvalue weighted by Gasteiger charge is -2.11. The molecule has 1 N–H and O–H groups in total. The van der Waals surface area contributed by atoms with Crippen molar-refractivity contribution in [1.29, 1.82) is 0 Å². The fourth-order valence-electron chi connectivity index (χ4n) is 2.74. The molecule has 1 amide bonds. The second-order valence-electron chi connectivity index (χ2n) is 6.64. The van der Waals surface area contributed by atoms with Crippen LogP contribution in [0, 0.1) is 0 Å². The van der Waals surface area contributed by atoms with E-state index in [0.29, 0.717) is 29.2 Å². The number of benzene rings is 2. The number of nitrogens with zero attached hydrogens (tertiary/aromatic N) is 2. The molecule has 9 nitrogen and oxygen atoms in total. The summed E-state index contributed by atoms with van der Waals surface area (Å²) in [6.07, 6.45) is 0.833. The monoisotopic (exact) mass is 477 g/mol. The molecule has 32 heavy (non-hydrogen) atoms. The average Bonchev–Trinajstić information content (AvgIpc) is 3.27. The third kappa shape index (κ3) is 5.54. The molecule has 0 aliphatic rings. The third-order valence-corrected chi connectivity index (χ3v) is 7.27. The Morgan fingerprint density at radius 1 is 1.03 bits per heavy atom. The van der Waals surface area contributed by atoms with Crippen molar-refractivity contribution in [3.63, 3.8) is 0 Å². The molecule has 1 heterocycles. The molecular formula is C21H23N3O6S2. The van der Waals surface area contributed by atoms with E-state index in [0.717, 1.165) is 17.8 Å². The number of carbonyl (C=O) groups is 1. The second kappa shape index (κ2) is 10.4. The first-order chi connectivity index (χ1) is 15.4. The van der Waals surface area contributed by atoms with Crippen LogP contribution in [0.25, 0.3) is 0 Å². The molecule has 3 rings (SSSR count). The number of para-hydroxylation sites is 1. The molecule has 0 saturated heterocycles. The number of aromatic nitrogens is 2. The van der Waals surface area contributed by atoms with Crippen molar-refractivity contribution in [2.45, 2.75) is 23.4 Å². The van der Waals surface area contributed by atoms with Crippen molar-refractivity contribution in [1.82, 2.24) is 15.5 Å². The fraction of sp³-hybridized carbons (Fsp3) is 0.286. The number of methoxy groups -OCH3 is 2. The lowest BCUT2D eigenvalue weighted by atomic mass is 10.1. The molecule has 3 aromatic rings. The van der Waals surface area contributed by atoms with Gasteiger partial charge in [0.15, 0.2) is 11.5 Å². The zero-order valence-corrected chi connectivity index (χ0v) is 19.5. The molecule has 0 bridgehead atoms. The summed E-state index contributed by atoms with van der Waals surface area (Å²) in [6, 6.07) is 11.5. The van der Waals surface area contributed by atoms with Gasteiger partial charge in [-0.3, -0.25) is 4.79 Å². The van der Waals surface area contributed by atoms with Crippen LogP contribution in [0.3, 0.4) is 0 Å². The van der Waals surface area contributed by atoms with Gasteiger partial charge in [-0.2, -0.15) is 0 Å². The van der Waals surface area contributed by atoms with Crippen LogP contribution in [0.4, 0.5) is 0 Å². The molecule has 1 aromatic heterocycles. The zero-order valence-electron chi connectivity index (χ0n) is 17.8. The van der Waals surface area contributed by atoms with Gasteiger partial charge in [0.25, 0.3) is 5.91 Å². The standard InChI is InChI=1S/C21H23N3O6S2/c1-4-12-22-19(25)15-10-8-14(9-11-15)13-32(26,27)21-24-23-20(31-21)30-18-16(28-2)6-5-7-17(18)29-3/h5-11H,4,12-13H2,1-3H3,(H,22,25). The molecule has 0 atom stereocenters. The van der Waals surface area contributed by atoms with Crippen molar-refractivity contribution >= 4 is 27.1 Å². The summed E-state index contributed by atoms with van der Waals surface area (Å²) in [5.41, 5.74) is 0.998. The maximum atomic E-state index is 12.8. The molecule has 0 saturated carbocycles. The van der Waals surface area contributed by atoms with Crippen LogP contribution in [-0.4, -0.2) is 45.3 Å². The van der Waals surface area contributed by atoms with Gasteiger partial charge in [0.1, 0.15) is 0 Å². The molecule has 2 aromatic carbocycles. The first kappa shape index (κ1) is 23.5. The van der Waals surface area contributed by atoms with Gasteiger partial charge in [-0.1, -0.05) is 30.2 Å². The number of carbonyl (C=O) groups excluding carboxylic acids is 1. The lowest BCUT2D eigenvalue weighted by molar-refractivity contribution is 0.0953. The molecule has 0 aliphatic heterocycles. The Balaban J connectivity index is 1.74. The van der Waals surface area contributed by atoms with Gasteiger partial charge in [0.05, 0.1) is 20.0 Å². The number of nitrogens with one attached hydrogen (secondary N) is 1. The molecular weight excluding hydrogens is 454 g/mol. The van der Waals surface area contributed by atoms with Crippen molar-refractivity contribution in [3.8, 4) is 22.4 Å². The summed E-state index contributed by atoms with van der Waals surface area (Å²) in [4.78, 5) is 12.0. The van der Waals surface area contributed by atoms with Crippen LogP contribution in [0.5, 0.6) is 22.4 Å². The largest absolute Gasteiger partial charge is 0.493 e. The minimum absolute atomic E-state index is 0.0364. The van der Waals surface area contributed by atoms with E-state index in [1.165, 1.54) is 14.2 Å². The summed E-state index contributed by atoms with van der Waals surface area (Å²) >= 11 is 0.802. The predicted molar refractivity (Wildman–Crippen MR) is 119 cm³/mol. The van der Waals surface area contributed by atoms with Crippen LogP contribution >= 0.6 is 11.3 Å². The fourth-order valence-corrected chi connectivity index (χ4v) is 5.00. The molecule has 0 radical (unpaired) electrons. The maximum Gasteiger partial charge on any atom is 0.300 e. The molecule has 0 fully saturated rings. The van der Waals surface area contributed by atoms with Crippen molar-refractivity contribution in [2.24, 2.45) is 0 Å². The Bertz CT molecular complexity index is 1150. The van der Waals surface area contributed by atoms with Gasteiger partial charge < -0.3 is 19.5 Å². The topological polar surface area (TPSA) is 117 Å². The highest BCUT2D eigenvalue weighted by Crippen LogP contribution is 2.41. The Morgan fingerprint density at radius 3 is 2.28 bits per heavy atom. The molecule has 170 valence electrons. The highest BCUT2D eigenvalue weighted by atomic mass is 32.2. The highest BCUT2D eigenvalue weighted by Gasteiger charge is 2.23. The van der Waals surface area contributed by atoms with E-state index in [9.17, 15) is 13.2 Å². The van der Waals surface area contributed by atoms with Gasteiger partial charge >= 0.3 is 5.19 Å². The van der Waals surface area contributed by atoms with E-state index < -0.39 is 9.84 Å². The average molecular weight is 478 g/mol. The highest BCUT2D eigenvalue weighted by molar-refractivity contribution is 7.92. The normalized spacial score (nSPS) is 11.1. The summed E-state index contributed by atoms with van der Waals surface area (Å²) in [5.74, 6) is 0.615. The van der Waals surface area contributed by atoms with Crippen LogP contribution in [0.1, 0.15) is 29.3 Å². The second-order valence-corrected chi connectivity index (χ2v) is 9.74. The Kier molecular flexibility index (Phi) is 7.65. The quantitative estimate of drug-likeness (QED) is 0.472. The molecule has 0 aliphatic carbocycles. The van der Waals surface area contributed by atoms with Crippen LogP contribution in [0.2, 0.25) is 0 Å². The van der Waals surface area contributed by atoms with Crippen LogP contribution in [-0.2, 0) is 15.6 Å². The van der Waals surface area contributed by atoms with E-state index in [4.69, 9.17) is 14.2 Å². The summed E-state index contributed by atoms with van der Waals surface area (Å²) in [6.45, 7) is 2.54. The van der Waals surface area contributed by atoms with Crippen LogP contribution in [0.15, 0.2) is 46.8 Å². The number of hydrogen-bond donors (Lipinski definition) is 1. The molecule has 11 heteroatoms. The van der Waals surface area contributed by atoms with E-state index >= 15 is 0 Å². The van der Waals surface area contributed by atoms with E-state index in [1.54, 1.807) is 42.5 Å². The number of rotatable bonds is 10. The Labute approximate surface area is 190 Å². The lowest BCUT2D eigenvalue weighted by Crippen LogP contribution is -2.23. The van der Waals surface area contributed by atoms with Gasteiger partial charge in [-0.25, -0.2) is 8.42 Å². The number of amides is 1. The first-order valence-corrected chi connectivity index (χ1v) is 12.2. The SMILES string of the molecule is CCCNC(=O)c1ccc(CS(=O)(=O)c2nnc(Oc3c(OC)cccc3OC)s2)cc1. The van der Waals surface area contributed by atoms with E-state index in [2.05, 4.69) is 15.5 Å². The summed E-state index contributed by atoms with van der Waals surface area (Å²) < 4.78 is 41.7. The minimum atomic E-state index is -3.76. The van der Waals surface area contributed by atoms with Gasteiger partial charge in [0, 0.05) is 12.1 Å². The van der Waals surface area contributed by atoms with Gasteiger partial charge in [0.2, 0.25) is 19.9 Å². The smallest absolute Gasteiger partial charge is 0.300 e. The maximum absolute atomic E-state index is 12.8. The predicted octanol–water partition coefficient (Wildman–Crippen LogP) is 3.46. The van der Waals surface area contributed by atoms with Gasteiger partial charge in [-0.15, -0.1) is 5.10 Å². The van der Waals surface area contributed by atoms with Crippen molar-refractivity contribution in [3.05, 3.63) is 53.6 Å². The number of sulfone groups is 1. The van der Waals surface area contributed by atoms with Crippen molar-refractivity contribution in [2.75, 3.05) is 20.8 Å². The zero-order chi connectivity index (χ0) is 23.1. The third-order valence-electron chi connectivity index (χ3n) is 4.33. The first-order valence-electron chi connectivity index (χ1n) is 9.70. The molecule has 0 unspecified atom stereocenters. The van der Waals surface area contributed by atoms with E-state index in [1.807, 2.05) is 6.92 Å². The van der Waals surface area contributed by atoms with Crippen molar-refractivity contribution < 1.29 is 27.4 Å². The number of hydrogen-bond acceptors (Lipinski definition) is 9. The summed E-state index contributed by atoms with van der Waals surface area (Å²) in [5, 5.41) is 10.4. The Hall–Kier alpha value is -3.18. The van der Waals surface area contributed by atoms with E-state index in [-0.39, 0.29) is 26.9 Å². The van der Waals surface area contributed by atoms with Gasteiger partial charge in [-0.05, 0) is 47.6 Å². The summed E-state index contributed by atoms with van der Waals surface area (Å²) in [7, 11) is -0.797. The van der Waals surface area contributed by atoms with Crippen LogP contribution < -0.4 is 19.5 Å². The molecule has 0 spiro atoms. The number of ether oxygens (including phenoxy) is 3. The minimum Gasteiger partial charge on any atom is -0.493 e.